The fourth-order valence-corrected chi connectivity index (χ4v) is 2.36. The van der Waals surface area contributed by atoms with Crippen molar-refractivity contribution in [1.29, 1.82) is 0 Å². The molecule has 1 saturated carbocycles. The monoisotopic (exact) mass is 252 g/mol. The Balaban J connectivity index is 1.75. The second kappa shape index (κ2) is 6.18. The molecule has 5 heteroatoms. The number of rotatable bonds is 6. The van der Waals surface area contributed by atoms with Gasteiger partial charge in [-0.1, -0.05) is 25.9 Å². The molecule has 0 aromatic carbocycles. The maximum absolute atomic E-state index is 5.57. The van der Waals surface area contributed by atoms with Crippen molar-refractivity contribution < 1.29 is 4.42 Å². The first-order valence-electron chi connectivity index (χ1n) is 6.93. The zero-order chi connectivity index (χ0) is 13.0. The van der Waals surface area contributed by atoms with E-state index in [1.165, 1.54) is 19.3 Å². The molecule has 1 aromatic heterocycles. The first-order valence-corrected chi connectivity index (χ1v) is 6.93. The molecule has 2 N–H and O–H groups in total. The average molecular weight is 252 g/mol. The van der Waals surface area contributed by atoms with E-state index >= 15 is 0 Å². The molecule has 1 fully saturated rings. The zero-order valence-electron chi connectivity index (χ0n) is 11.6. The Labute approximate surface area is 109 Å². The van der Waals surface area contributed by atoms with E-state index in [1.54, 1.807) is 0 Å². The molecule has 0 aliphatic heterocycles. The molecule has 0 amide bonds. The fraction of sp³-hybridized carbons (Fsp3) is 0.846. The van der Waals surface area contributed by atoms with E-state index in [0.717, 1.165) is 12.5 Å². The van der Waals surface area contributed by atoms with Gasteiger partial charge in [-0.05, 0) is 37.6 Å². The molecule has 0 radical (unpaired) electrons. The maximum Gasteiger partial charge on any atom is 0.315 e. The molecule has 1 heterocycles. The van der Waals surface area contributed by atoms with Gasteiger partial charge in [-0.3, -0.25) is 0 Å². The quantitative estimate of drug-likeness (QED) is 0.814. The molecule has 0 saturated heterocycles. The first kappa shape index (κ1) is 13.3. The molecule has 1 aromatic rings. The Kier molecular flexibility index (Phi) is 4.58. The van der Waals surface area contributed by atoms with E-state index in [-0.39, 0.29) is 0 Å². The van der Waals surface area contributed by atoms with Gasteiger partial charge in [0.2, 0.25) is 5.89 Å². The molecule has 1 aliphatic carbocycles. The molecular formula is C13H24N4O. The van der Waals surface area contributed by atoms with Gasteiger partial charge in [0, 0.05) is 6.04 Å². The Morgan fingerprint density at radius 1 is 1.33 bits per heavy atom. The number of hydrogen-bond acceptors (Lipinski definition) is 5. The normalized spacial score (nSPS) is 23.8. The molecule has 2 unspecified atom stereocenters. The van der Waals surface area contributed by atoms with Gasteiger partial charge in [-0.25, -0.2) is 0 Å². The molecule has 18 heavy (non-hydrogen) atoms. The van der Waals surface area contributed by atoms with Crippen LogP contribution in [0.25, 0.3) is 0 Å². The summed E-state index contributed by atoms with van der Waals surface area (Å²) >= 11 is 0. The van der Waals surface area contributed by atoms with E-state index in [9.17, 15) is 0 Å². The predicted octanol–water partition coefficient (Wildman–Crippen LogP) is 2.42. The van der Waals surface area contributed by atoms with Crippen LogP contribution < -0.4 is 10.6 Å². The summed E-state index contributed by atoms with van der Waals surface area (Å²) in [7, 11) is 0. The van der Waals surface area contributed by atoms with Gasteiger partial charge in [-0.15, -0.1) is 5.10 Å². The van der Waals surface area contributed by atoms with Crippen molar-refractivity contribution >= 4 is 6.01 Å². The predicted molar refractivity (Wildman–Crippen MR) is 71.3 cm³/mol. The minimum absolute atomic E-state index is 0.497. The fourth-order valence-electron chi connectivity index (χ4n) is 2.36. The van der Waals surface area contributed by atoms with Crippen LogP contribution in [0, 0.1) is 11.8 Å². The standard InChI is InChI=1S/C13H24N4O/c1-9(2)7-14-8-12-16-17-13(18-12)15-11-5-4-10(3)6-11/h9-11,14H,4-8H2,1-3H3,(H,15,17). The number of nitrogens with one attached hydrogen (secondary N) is 2. The van der Waals surface area contributed by atoms with Crippen LogP contribution in [-0.2, 0) is 6.54 Å². The topological polar surface area (TPSA) is 63.0 Å². The van der Waals surface area contributed by atoms with E-state index in [4.69, 9.17) is 4.42 Å². The second-order valence-corrected chi connectivity index (χ2v) is 5.79. The minimum Gasteiger partial charge on any atom is -0.407 e. The van der Waals surface area contributed by atoms with Crippen molar-refractivity contribution in [2.24, 2.45) is 11.8 Å². The highest BCUT2D eigenvalue weighted by molar-refractivity contribution is 5.20. The van der Waals surface area contributed by atoms with Crippen LogP contribution in [0.1, 0.15) is 45.9 Å². The van der Waals surface area contributed by atoms with Gasteiger partial charge in [-0.2, -0.15) is 0 Å². The summed E-state index contributed by atoms with van der Waals surface area (Å²) in [6.07, 6.45) is 3.68. The summed E-state index contributed by atoms with van der Waals surface area (Å²) in [5.41, 5.74) is 0. The summed E-state index contributed by atoms with van der Waals surface area (Å²) in [6, 6.07) is 1.06. The van der Waals surface area contributed by atoms with Crippen LogP contribution >= 0.6 is 0 Å². The van der Waals surface area contributed by atoms with Gasteiger partial charge in [0.1, 0.15) is 0 Å². The molecule has 0 bridgehead atoms. The van der Waals surface area contributed by atoms with Crippen LogP contribution in [0.4, 0.5) is 6.01 Å². The molecule has 5 nitrogen and oxygen atoms in total. The third kappa shape index (κ3) is 3.98. The highest BCUT2D eigenvalue weighted by Gasteiger charge is 2.22. The van der Waals surface area contributed by atoms with Crippen molar-refractivity contribution in [1.82, 2.24) is 15.5 Å². The van der Waals surface area contributed by atoms with Crippen LogP contribution in [0.5, 0.6) is 0 Å². The lowest BCUT2D eigenvalue weighted by atomic mass is 10.1. The molecule has 0 spiro atoms. The number of hydrogen-bond donors (Lipinski definition) is 2. The molecular weight excluding hydrogens is 228 g/mol. The van der Waals surface area contributed by atoms with Crippen LogP contribution in [-0.4, -0.2) is 22.8 Å². The third-order valence-electron chi connectivity index (χ3n) is 3.32. The third-order valence-corrected chi connectivity index (χ3v) is 3.32. The van der Waals surface area contributed by atoms with Gasteiger partial charge in [0.05, 0.1) is 6.54 Å². The summed E-state index contributed by atoms with van der Waals surface area (Å²) in [4.78, 5) is 0. The van der Waals surface area contributed by atoms with Gasteiger partial charge < -0.3 is 15.1 Å². The first-order chi connectivity index (χ1) is 8.63. The van der Waals surface area contributed by atoms with E-state index in [1.807, 2.05) is 0 Å². The lowest BCUT2D eigenvalue weighted by molar-refractivity contribution is 0.455. The van der Waals surface area contributed by atoms with Gasteiger partial charge in [0.25, 0.3) is 0 Å². The van der Waals surface area contributed by atoms with E-state index in [2.05, 4.69) is 41.6 Å². The smallest absolute Gasteiger partial charge is 0.315 e. The largest absolute Gasteiger partial charge is 0.407 e. The highest BCUT2D eigenvalue weighted by atomic mass is 16.4. The summed E-state index contributed by atoms with van der Waals surface area (Å²) in [5.74, 6) is 2.09. The van der Waals surface area contributed by atoms with Crippen molar-refractivity contribution in [3.8, 4) is 0 Å². The molecule has 1 aliphatic rings. The number of aromatic nitrogens is 2. The van der Waals surface area contributed by atoms with Crippen LogP contribution in [0.2, 0.25) is 0 Å². The van der Waals surface area contributed by atoms with E-state index in [0.29, 0.717) is 30.4 Å². The van der Waals surface area contributed by atoms with Crippen LogP contribution in [0.3, 0.4) is 0 Å². The Bertz CT molecular complexity index is 364. The Morgan fingerprint density at radius 3 is 2.83 bits per heavy atom. The Hall–Kier alpha value is -1.10. The zero-order valence-corrected chi connectivity index (χ0v) is 11.6. The lowest BCUT2D eigenvalue weighted by Crippen LogP contribution is -2.19. The second-order valence-electron chi connectivity index (χ2n) is 5.79. The van der Waals surface area contributed by atoms with Crippen molar-refractivity contribution in [2.75, 3.05) is 11.9 Å². The van der Waals surface area contributed by atoms with Crippen molar-refractivity contribution in [3.05, 3.63) is 5.89 Å². The summed E-state index contributed by atoms with van der Waals surface area (Å²) in [6.45, 7) is 8.25. The average Bonchev–Trinajstić information content (AvgIpc) is 2.89. The summed E-state index contributed by atoms with van der Waals surface area (Å²) in [5, 5.41) is 14.7. The number of anilines is 1. The number of nitrogens with zero attached hydrogens (tertiary/aromatic N) is 2. The highest BCUT2D eigenvalue weighted by Crippen LogP contribution is 2.26. The van der Waals surface area contributed by atoms with E-state index < -0.39 is 0 Å². The van der Waals surface area contributed by atoms with Crippen molar-refractivity contribution in [2.45, 2.75) is 52.6 Å². The maximum atomic E-state index is 5.57. The lowest BCUT2D eigenvalue weighted by Gasteiger charge is -2.08. The minimum atomic E-state index is 0.497. The van der Waals surface area contributed by atoms with Gasteiger partial charge in [0.15, 0.2) is 0 Å². The SMILES string of the molecule is CC(C)CNCc1nnc(NC2CCC(C)C2)o1. The van der Waals surface area contributed by atoms with Crippen molar-refractivity contribution in [3.63, 3.8) is 0 Å². The van der Waals surface area contributed by atoms with Crippen LogP contribution in [0.15, 0.2) is 4.42 Å². The van der Waals surface area contributed by atoms with Gasteiger partial charge >= 0.3 is 6.01 Å². The molecule has 2 atom stereocenters. The molecule has 102 valence electrons. The Morgan fingerprint density at radius 2 is 2.17 bits per heavy atom. The summed E-state index contributed by atoms with van der Waals surface area (Å²) < 4.78 is 5.57. The molecule has 2 rings (SSSR count).